The third-order valence-corrected chi connectivity index (χ3v) is 5.18. The van der Waals surface area contributed by atoms with E-state index in [4.69, 9.17) is 4.74 Å². The first kappa shape index (κ1) is 17.2. The third kappa shape index (κ3) is 3.42. The molecule has 2 N–H and O–H groups in total. The molecule has 1 aromatic rings. The fraction of sp³-hybridized carbons (Fsp3) is 0.632. The molecule has 1 heterocycles. The zero-order chi connectivity index (χ0) is 17.3. The van der Waals surface area contributed by atoms with Crippen molar-refractivity contribution in [2.24, 2.45) is 0 Å². The number of hydrogen-bond donors (Lipinski definition) is 2. The molecule has 0 saturated carbocycles. The number of aliphatic hydroxyl groups excluding tert-OH is 1. The Labute approximate surface area is 144 Å². The van der Waals surface area contributed by atoms with Gasteiger partial charge in [0.15, 0.2) is 0 Å². The van der Waals surface area contributed by atoms with E-state index >= 15 is 0 Å². The van der Waals surface area contributed by atoms with Gasteiger partial charge in [-0.25, -0.2) is 4.79 Å². The molecule has 0 spiro atoms. The third-order valence-electron chi connectivity index (χ3n) is 5.18. The Morgan fingerprint density at radius 3 is 2.96 bits per heavy atom. The van der Waals surface area contributed by atoms with Crippen LogP contribution < -0.4 is 5.32 Å². The van der Waals surface area contributed by atoms with Gasteiger partial charge in [-0.3, -0.25) is 0 Å². The highest BCUT2D eigenvalue weighted by atomic mass is 16.5. The van der Waals surface area contributed by atoms with Crippen molar-refractivity contribution < 1.29 is 14.6 Å². The van der Waals surface area contributed by atoms with E-state index in [1.165, 1.54) is 11.1 Å². The predicted molar refractivity (Wildman–Crippen MR) is 93.0 cm³/mol. The Bertz CT molecular complexity index is 600. The van der Waals surface area contributed by atoms with Crippen LogP contribution in [0.1, 0.15) is 50.8 Å². The van der Waals surface area contributed by atoms with E-state index in [-0.39, 0.29) is 23.5 Å². The van der Waals surface area contributed by atoms with Crippen molar-refractivity contribution in [3.05, 3.63) is 35.4 Å². The average molecular weight is 332 g/mol. The molecule has 1 aliphatic heterocycles. The lowest BCUT2D eigenvalue weighted by Gasteiger charge is -2.37. The van der Waals surface area contributed by atoms with Crippen molar-refractivity contribution in [1.29, 1.82) is 0 Å². The van der Waals surface area contributed by atoms with Crippen molar-refractivity contribution in [3.8, 4) is 0 Å². The molecule has 1 fully saturated rings. The molecule has 24 heavy (non-hydrogen) atoms. The minimum absolute atomic E-state index is 0.0405. The number of carbonyl (C=O) groups is 1. The van der Waals surface area contributed by atoms with E-state index in [1.54, 1.807) is 6.92 Å². The van der Waals surface area contributed by atoms with E-state index in [2.05, 4.69) is 37.4 Å². The van der Waals surface area contributed by atoms with Crippen molar-refractivity contribution in [1.82, 2.24) is 10.2 Å². The number of morpholine rings is 1. The summed E-state index contributed by atoms with van der Waals surface area (Å²) in [6.07, 6.45) is 1.00. The van der Waals surface area contributed by atoms with Gasteiger partial charge in [-0.2, -0.15) is 0 Å². The molecule has 0 unspecified atom stereocenters. The number of nitrogens with one attached hydrogen (secondary N) is 1. The maximum atomic E-state index is 12.8. The molecule has 0 aromatic heterocycles. The first-order valence-corrected chi connectivity index (χ1v) is 8.81. The Balaban J connectivity index is 1.73. The molecule has 3 rings (SSSR count). The van der Waals surface area contributed by atoms with Gasteiger partial charge in [0.1, 0.15) is 0 Å². The Kier molecular flexibility index (Phi) is 4.83. The maximum Gasteiger partial charge on any atom is 0.318 e. The minimum Gasteiger partial charge on any atom is -0.393 e. The van der Waals surface area contributed by atoms with Crippen LogP contribution >= 0.6 is 0 Å². The standard InChI is InChI=1S/C19H28N2O3/c1-13(22)10-14-12-24-9-8-21(14)18(23)20-17-11-19(2,3)16-7-5-4-6-15(16)17/h4-7,13-14,17,22H,8-12H2,1-3H3,(H,20,23)/t13-,14+,17+/m0/s1. The van der Waals surface area contributed by atoms with Gasteiger partial charge in [0.25, 0.3) is 0 Å². The van der Waals surface area contributed by atoms with E-state index in [0.29, 0.717) is 26.2 Å². The summed E-state index contributed by atoms with van der Waals surface area (Å²) >= 11 is 0. The molecular weight excluding hydrogens is 304 g/mol. The van der Waals surface area contributed by atoms with Crippen LogP contribution in [0.15, 0.2) is 24.3 Å². The first-order valence-electron chi connectivity index (χ1n) is 8.81. The molecule has 1 saturated heterocycles. The van der Waals surface area contributed by atoms with Gasteiger partial charge < -0.3 is 20.1 Å². The highest BCUT2D eigenvalue weighted by molar-refractivity contribution is 5.75. The molecule has 5 heteroatoms. The zero-order valence-electron chi connectivity index (χ0n) is 14.8. The Morgan fingerprint density at radius 1 is 1.46 bits per heavy atom. The van der Waals surface area contributed by atoms with Crippen molar-refractivity contribution >= 4 is 6.03 Å². The highest BCUT2D eigenvalue weighted by Gasteiger charge is 2.38. The van der Waals surface area contributed by atoms with Crippen LogP contribution in [-0.2, 0) is 10.2 Å². The zero-order valence-corrected chi connectivity index (χ0v) is 14.8. The number of ether oxygens (including phenoxy) is 1. The number of amides is 2. The first-order chi connectivity index (χ1) is 11.4. The monoisotopic (exact) mass is 332 g/mol. The van der Waals surface area contributed by atoms with Crippen molar-refractivity contribution in [2.75, 3.05) is 19.8 Å². The highest BCUT2D eigenvalue weighted by Crippen LogP contribution is 2.44. The number of carbonyl (C=O) groups excluding carboxylic acids is 1. The van der Waals surface area contributed by atoms with Gasteiger partial charge in [0.05, 0.1) is 31.4 Å². The minimum atomic E-state index is -0.446. The molecule has 1 aliphatic carbocycles. The van der Waals surface area contributed by atoms with Crippen LogP contribution in [0.4, 0.5) is 4.79 Å². The van der Waals surface area contributed by atoms with Gasteiger partial charge in [-0.1, -0.05) is 38.1 Å². The number of rotatable bonds is 3. The van der Waals surface area contributed by atoms with E-state index in [0.717, 1.165) is 6.42 Å². The summed E-state index contributed by atoms with van der Waals surface area (Å²) in [4.78, 5) is 14.7. The normalized spacial score (nSPS) is 26.8. The lowest BCUT2D eigenvalue weighted by molar-refractivity contribution is -0.00488. The van der Waals surface area contributed by atoms with Crippen LogP contribution in [0, 0.1) is 0 Å². The molecule has 2 amide bonds. The maximum absolute atomic E-state index is 12.8. The fourth-order valence-corrected chi connectivity index (χ4v) is 4.02. The summed E-state index contributed by atoms with van der Waals surface area (Å²) in [5.74, 6) is 0. The smallest absolute Gasteiger partial charge is 0.318 e. The van der Waals surface area contributed by atoms with Crippen LogP contribution in [0.2, 0.25) is 0 Å². The van der Waals surface area contributed by atoms with E-state index in [1.807, 2.05) is 11.0 Å². The largest absolute Gasteiger partial charge is 0.393 e. The van der Waals surface area contributed by atoms with Gasteiger partial charge in [0, 0.05) is 6.54 Å². The summed E-state index contributed by atoms with van der Waals surface area (Å²) in [6.45, 7) is 7.81. The SMILES string of the molecule is C[C@H](O)C[C@@H]1COCCN1C(=O)N[C@@H]1CC(C)(C)c2ccccc21. The number of urea groups is 1. The molecule has 0 radical (unpaired) electrons. The molecule has 2 aliphatic rings. The van der Waals surface area contributed by atoms with Gasteiger partial charge in [-0.15, -0.1) is 0 Å². The Morgan fingerprint density at radius 2 is 2.21 bits per heavy atom. The molecular formula is C19H28N2O3. The van der Waals surface area contributed by atoms with Gasteiger partial charge in [0.2, 0.25) is 0 Å². The summed E-state index contributed by atoms with van der Waals surface area (Å²) in [7, 11) is 0. The molecule has 5 nitrogen and oxygen atoms in total. The predicted octanol–water partition coefficient (Wildman–Crippen LogP) is 2.59. The van der Waals surface area contributed by atoms with Crippen LogP contribution in [0.25, 0.3) is 0 Å². The average Bonchev–Trinajstić information content (AvgIpc) is 2.78. The van der Waals surface area contributed by atoms with E-state index < -0.39 is 6.10 Å². The number of fused-ring (bicyclic) bond motifs is 1. The number of hydrogen-bond acceptors (Lipinski definition) is 3. The second-order valence-electron chi connectivity index (χ2n) is 7.68. The van der Waals surface area contributed by atoms with Crippen LogP contribution in [-0.4, -0.2) is 47.9 Å². The van der Waals surface area contributed by atoms with Crippen LogP contribution in [0.5, 0.6) is 0 Å². The summed E-state index contributed by atoms with van der Waals surface area (Å²) < 4.78 is 5.49. The molecule has 3 atom stereocenters. The molecule has 0 bridgehead atoms. The Hall–Kier alpha value is -1.59. The van der Waals surface area contributed by atoms with Crippen molar-refractivity contribution in [2.45, 2.75) is 57.2 Å². The lowest BCUT2D eigenvalue weighted by Crippen LogP contribution is -2.53. The summed E-state index contributed by atoms with van der Waals surface area (Å²) in [5.41, 5.74) is 2.60. The van der Waals surface area contributed by atoms with Crippen molar-refractivity contribution in [3.63, 3.8) is 0 Å². The van der Waals surface area contributed by atoms with Crippen LogP contribution in [0.3, 0.4) is 0 Å². The summed E-state index contributed by atoms with van der Waals surface area (Å²) in [6, 6.07) is 8.28. The van der Waals surface area contributed by atoms with Gasteiger partial charge >= 0.3 is 6.03 Å². The van der Waals surface area contributed by atoms with E-state index in [9.17, 15) is 9.90 Å². The topological polar surface area (TPSA) is 61.8 Å². The second kappa shape index (κ2) is 6.73. The molecule has 132 valence electrons. The molecule has 1 aromatic carbocycles. The second-order valence-corrected chi connectivity index (χ2v) is 7.68. The number of benzene rings is 1. The fourth-order valence-electron chi connectivity index (χ4n) is 4.02. The number of nitrogens with zero attached hydrogens (tertiary/aromatic N) is 1. The summed E-state index contributed by atoms with van der Waals surface area (Å²) in [5, 5.41) is 12.9. The van der Waals surface area contributed by atoms with Gasteiger partial charge in [-0.05, 0) is 36.3 Å². The quantitative estimate of drug-likeness (QED) is 0.894. The number of aliphatic hydroxyl groups is 1. The lowest BCUT2D eigenvalue weighted by atomic mass is 9.86.